The van der Waals surface area contributed by atoms with Gasteiger partial charge in [0.2, 0.25) is 10.0 Å². The number of anilines is 1. The molecule has 0 aliphatic rings. The maximum atomic E-state index is 12.5. The van der Waals surface area contributed by atoms with E-state index in [1.807, 2.05) is 30.3 Å². The highest BCUT2D eigenvalue weighted by molar-refractivity contribution is 7.89. The van der Waals surface area contributed by atoms with Gasteiger partial charge in [-0.05, 0) is 24.6 Å². The van der Waals surface area contributed by atoms with E-state index in [-0.39, 0.29) is 10.6 Å². The summed E-state index contributed by atoms with van der Waals surface area (Å²) in [5, 5.41) is 9.44. The van der Waals surface area contributed by atoms with Crippen molar-refractivity contribution in [2.24, 2.45) is 5.14 Å². The number of benzene rings is 2. The Labute approximate surface area is 157 Å². The van der Waals surface area contributed by atoms with Crippen molar-refractivity contribution in [3.8, 4) is 0 Å². The number of para-hydroxylation sites is 1. The zero-order valence-corrected chi connectivity index (χ0v) is 15.4. The smallest absolute Gasteiger partial charge is 0.273 e. The highest BCUT2D eigenvalue weighted by Crippen LogP contribution is 2.18. The highest BCUT2D eigenvalue weighted by Gasteiger charge is 2.17. The molecule has 0 radical (unpaired) electrons. The molecule has 1 heterocycles. The van der Waals surface area contributed by atoms with E-state index in [2.05, 4.69) is 16.0 Å². The maximum Gasteiger partial charge on any atom is 0.273 e. The second-order valence-electron chi connectivity index (χ2n) is 5.91. The van der Waals surface area contributed by atoms with Gasteiger partial charge in [0.1, 0.15) is 4.90 Å². The average Bonchev–Trinajstić information content (AvgIpc) is 3.00. The Bertz CT molecular complexity index is 1060. The van der Waals surface area contributed by atoms with Crippen molar-refractivity contribution in [2.45, 2.75) is 18.4 Å². The Morgan fingerprint density at radius 3 is 2.48 bits per heavy atom. The van der Waals surface area contributed by atoms with E-state index in [0.717, 1.165) is 5.56 Å². The number of hydrogen-bond acceptors (Lipinski definition) is 5. The lowest BCUT2D eigenvalue weighted by Crippen LogP contribution is -2.31. The van der Waals surface area contributed by atoms with Gasteiger partial charge in [-0.1, -0.05) is 42.5 Å². The third-order valence-electron chi connectivity index (χ3n) is 4.03. The largest absolute Gasteiger partial charge is 0.297 e. The number of aromatic nitrogens is 2. The van der Waals surface area contributed by atoms with Crippen LogP contribution in [0.4, 0.5) is 5.69 Å². The predicted molar refractivity (Wildman–Crippen MR) is 101 cm³/mol. The van der Waals surface area contributed by atoms with E-state index in [4.69, 9.17) is 5.14 Å². The van der Waals surface area contributed by atoms with E-state index in [1.54, 1.807) is 23.7 Å². The van der Waals surface area contributed by atoms with Crippen LogP contribution in [0.5, 0.6) is 0 Å². The molecule has 0 unspecified atom stereocenters. The Kier molecular flexibility index (Phi) is 5.24. The molecule has 0 fully saturated rings. The molecule has 0 saturated carbocycles. The van der Waals surface area contributed by atoms with Gasteiger partial charge in [-0.15, -0.1) is 0 Å². The number of nitrogens with one attached hydrogen (secondary N) is 2. The second-order valence-corrected chi connectivity index (χ2v) is 7.44. The zero-order chi connectivity index (χ0) is 19.4. The standard InChI is InChI=1S/C18H19N5O3S/c1-13-15(11-20-23(13)12-14-7-3-2-4-8-14)18(24)22-21-16-9-5-6-10-17(16)27(19,25)26/h2-11,21H,12H2,1H3,(H,22,24)(H2,19,25,26). The van der Waals surface area contributed by atoms with Gasteiger partial charge in [-0.2, -0.15) is 5.10 Å². The predicted octanol–water partition coefficient (Wildman–Crippen LogP) is 1.64. The van der Waals surface area contributed by atoms with Crippen molar-refractivity contribution in [3.63, 3.8) is 0 Å². The minimum Gasteiger partial charge on any atom is -0.297 e. The summed E-state index contributed by atoms with van der Waals surface area (Å²) < 4.78 is 24.9. The number of nitrogens with zero attached hydrogens (tertiary/aromatic N) is 2. The van der Waals surface area contributed by atoms with Crippen LogP contribution < -0.4 is 16.0 Å². The molecule has 1 aromatic heterocycles. The van der Waals surface area contributed by atoms with E-state index >= 15 is 0 Å². The quantitative estimate of drug-likeness (QED) is 0.557. The molecule has 140 valence electrons. The van der Waals surface area contributed by atoms with E-state index in [1.165, 1.54) is 18.3 Å². The van der Waals surface area contributed by atoms with Crippen molar-refractivity contribution in [1.29, 1.82) is 0 Å². The van der Waals surface area contributed by atoms with Crippen molar-refractivity contribution in [2.75, 3.05) is 5.43 Å². The summed E-state index contributed by atoms with van der Waals surface area (Å²) in [6.45, 7) is 2.34. The number of carbonyl (C=O) groups excluding carboxylic acids is 1. The Morgan fingerprint density at radius 2 is 1.78 bits per heavy atom. The van der Waals surface area contributed by atoms with Gasteiger partial charge in [0.05, 0.1) is 24.0 Å². The van der Waals surface area contributed by atoms with Gasteiger partial charge in [-0.25, -0.2) is 13.6 Å². The molecule has 0 aliphatic carbocycles. The number of hydrazine groups is 1. The van der Waals surface area contributed by atoms with Crippen LogP contribution in [0.25, 0.3) is 0 Å². The minimum atomic E-state index is -3.91. The maximum absolute atomic E-state index is 12.5. The molecule has 0 bridgehead atoms. The van der Waals surface area contributed by atoms with Gasteiger partial charge < -0.3 is 0 Å². The Morgan fingerprint density at radius 1 is 1.11 bits per heavy atom. The van der Waals surface area contributed by atoms with Gasteiger partial charge in [-0.3, -0.25) is 20.3 Å². The first-order chi connectivity index (χ1) is 12.9. The summed E-state index contributed by atoms with van der Waals surface area (Å²) in [5.74, 6) is -0.434. The Hall–Kier alpha value is -3.17. The molecule has 3 rings (SSSR count). The fourth-order valence-electron chi connectivity index (χ4n) is 2.59. The molecule has 0 saturated heterocycles. The number of hydrogen-bond donors (Lipinski definition) is 3. The molecule has 27 heavy (non-hydrogen) atoms. The van der Waals surface area contributed by atoms with Crippen LogP contribution in [0.2, 0.25) is 0 Å². The molecule has 9 heteroatoms. The van der Waals surface area contributed by atoms with Crippen molar-refractivity contribution in [1.82, 2.24) is 15.2 Å². The number of nitrogens with two attached hydrogens (primary N) is 1. The summed E-state index contributed by atoms with van der Waals surface area (Å²) in [6, 6.07) is 15.8. The monoisotopic (exact) mass is 385 g/mol. The number of primary sulfonamides is 1. The topological polar surface area (TPSA) is 119 Å². The molecule has 4 N–H and O–H groups in total. The van der Waals surface area contributed by atoms with Crippen LogP contribution in [0.15, 0.2) is 65.7 Å². The molecule has 3 aromatic rings. The molecule has 2 aromatic carbocycles. The van der Waals surface area contributed by atoms with E-state index in [9.17, 15) is 13.2 Å². The highest BCUT2D eigenvalue weighted by atomic mass is 32.2. The minimum absolute atomic E-state index is 0.109. The zero-order valence-electron chi connectivity index (χ0n) is 14.6. The first-order valence-electron chi connectivity index (χ1n) is 8.11. The van der Waals surface area contributed by atoms with Gasteiger partial charge in [0.15, 0.2) is 0 Å². The first kappa shape index (κ1) is 18.6. The second kappa shape index (κ2) is 7.60. The van der Waals surface area contributed by atoms with Crippen molar-refractivity contribution >= 4 is 21.6 Å². The lowest BCUT2D eigenvalue weighted by Gasteiger charge is -2.11. The Balaban J connectivity index is 1.73. The normalized spacial score (nSPS) is 11.2. The summed E-state index contributed by atoms with van der Waals surface area (Å²) in [7, 11) is -3.91. The van der Waals surface area contributed by atoms with Crippen LogP contribution in [-0.2, 0) is 16.6 Å². The molecular weight excluding hydrogens is 366 g/mol. The molecule has 0 aliphatic heterocycles. The van der Waals surface area contributed by atoms with Crippen LogP contribution in [0.3, 0.4) is 0 Å². The van der Waals surface area contributed by atoms with Crippen LogP contribution in [0, 0.1) is 6.92 Å². The lowest BCUT2D eigenvalue weighted by molar-refractivity contribution is 0.0961. The number of carbonyl (C=O) groups is 1. The number of amides is 1. The molecule has 0 atom stereocenters. The molecule has 8 nitrogen and oxygen atoms in total. The number of sulfonamides is 1. The third kappa shape index (κ3) is 4.33. The molecular formula is C18H19N5O3S. The third-order valence-corrected chi connectivity index (χ3v) is 5.00. The van der Waals surface area contributed by atoms with Crippen LogP contribution in [0.1, 0.15) is 21.6 Å². The molecule has 0 spiro atoms. The van der Waals surface area contributed by atoms with Crippen LogP contribution >= 0.6 is 0 Å². The summed E-state index contributed by atoms with van der Waals surface area (Å²) in [4.78, 5) is 12.3. The number of rotatable bonds is 6. The summed E-state index contributed by atoms with van der Waals surface area (Å²) in [6.07, 6.45) is 1.47. The van der Waals surface area contributed by atoms with Crippen molar-refractivity contribution < 1.29 is 13.2 Å². The average molecular weight is 385 g/mol. The van der Waals surface area contributed by atoms with Crippen molar-refractivity contribution in [3.05, 3.63) is 77.6 Å². The van der Waals surface area contributed by atoms with E-state index < -0.39 is 15.9 Å². The van der Waals surface area contributed by atoms with E-state index in [0.29, 0.717) is 17.8 Å². The fourth-order valence-corrected chi connectivity index (χ4v) is 3.29. The van der Waals surface area contributed by atoms with Gasteiger partial charge in [0, 0.05) is 5.69 Å². The first-order valence-corrected chi connectivity index (χ1v) is 9.65. The summed E-state index contributed by atoms with van der Waals surface area (Å²) in [5.41, 5.74) is 7.41. The van der Waals surface area contributed by atoms with Gasteiger partial charge >= 0.3 is 0 Å². The fraction of sp³-hybridized carbons (Fsp3) is 0.111. The summed E-state index contributed by atoms with van der Waals surface area (Å²) >= 11 is 0. The SMILES string of the molecule is Cc1c(C(=O)NNc2ccccc2S(N)(=O)=O)cnn1Cc1ccccc1. The lowest BCUT2D eigenvalue weighted by atomic mass is 10.2. The van der Waals surface area contributed by atoms with Crippen LogP contribution in [-0.4, -0.2) is 24.1 Å². The molecule has 1 amide bonds. The van der Waals surface area contributed by atoms with Gasteiger partial charge in [0.25, 0.3) is 5.91 Å².